The summed E-state index contributed by atoms with van der Waals surface area (Å²) in [5.74, 6) is -0.282. The summed E-state index contributed by atoms with van der Waals surface area (Å²) in [6, 6.07) is 0. The Morgan fingerprint density at radius 3 is 2.55 bits per heavy atom. The summed E-state index contributed by atoms with van der Waals surface area (Å²) in [4.78, 5) is 35.7. The van der Waals surface area contributed by atoms with Crippen LogP contribution in [-0.2, 0) is 23.9 Å². The molecule has 1 fully saturated rings. The van der Waals surface area contributed by atoms with E-state index in [2.05, 4.69) is 38.5 Å². The van der Waals surface area contributed by atoms with Gasteiger partial charge in [0.1, 0.15) is 11.9 Å². The van der Waals surface area contributed by atoms with E-state index in [0.717, 1.165) is 32.1 Å². The number of Topliss-reactive ketones (excluding diaryl/α,β-unsaturated/α-hetero) is 1. The van der Waals surface area contributed by atoms with Crippen LogP contribution < -0.4 is 0 Å². The first-order valence-electron chi connectivity index (χ1n) is 11.7. The molecule has 0 amide bonds. The van der Waals surface area contributed by atoms with E-state index in [0.29, 0.717) is 19.3 Å². The molecular formula is C26H42O5. The van der Waals surface area contributed by atoms with Crippen molar-refractivity contribution in [3.05, 3.63) is 24.3 Å². The standard InChI is InChI=1S/C26H42O5/c1-7-8-16-26(4,5)17-15-23(31-20(3)27)25-19(2)18-22(28)21(25)13-11-9-10-12-14-24(29)30-6/h9,11,15,17,19,21,23,25H,7-8,10,12-14,16,18H2,1-6H3/b11-9-,17-15+/t19-,21+,23+,25+/m1/s1. The molecule has 0 spiro atoms. The van der Waals surface area contributed by atoms with E-state index in [9.17, 15) is 14.4 Å². The average Bonchev–Trinajstić information content (AvgIpc) is 2.98. The van der Waals surface area contributed by atoms with E-state index in [1.807, 2.05) is 18.2 Å². The second-order valence-electron chi connectivity index (χ2n) is 9.53. The van der Waals surface area contributed by atoms with E-state index < -0.39 is 6.10 Å². The Morgan fingerprint density at radius 2 is 1.94 bits per heavy atom. The number of esters is 2. The van der Waals surface area contributed by atoms with Crippen LogP contribution in [0.4, 0.5) is 0 Å². The van der Waals surface area contributed by atoms with Gasteiger partial charge in [-0.05, 0) is 43.1 Å². The van der Waals surface area contributed by atoms with Gasteiger partial charge in [-0.25, -0.2) is 0 Å². The van der Waals surface area contributed by atoms with Gasteiger partial charge in [0.25, 0.3) is 0 Å². The van der Waals surface area contributed by atoms with Crippen molar-refractivity contribution < 1.29 is 23.9 Å². The third-order valence-corrected chi connectivity index (χ3v) is 6.19. The number of carbonyl (C=O) groups is 3. The van der Waals surface area contributed by atoms with E-state index in [1.54, 1.807) is 0 Å². The molecule has 176 valence electrons. The molecule has 1 saturated carbocycles. The van der Waals surface area contributed by atoms with E-state index >= 15 is 0 Å². The summed E-state index contributed by atoms with van der Waals surface area (Å²) < 4.78 is 10.4. The van der Waals surface area contributed by atoms with Crippen molar-refractivity contribution in [2.75, 3.05) is 7.11 Å². The molecule has 0 aromatic heterocycles. The molecule has 1 aliphatic rings. The predicted molar refractivity (Wildman–Crippen MR) is 123 cm³/mol. The molecule has 5 heteroatoms. The number of carbonyl (C=O) groups excluding carboxylic acids is 3. The topological polar surface area (TPSA) is 69.7 Å². The number of rotatable bonds is 13. The third-order valence-electron chi connectivity index (χ3n) is 6.19. The lowest BCUT2D eigenvalue weighted by molar-refractivity contribution is -0.148. The molecule has 0 N–H and O–H groups in total. The highest BCUT2D eigenvalue weighted by molar-refractivity contribution is 5.84. The van der Waals surface area contributed by atoms with Gasteiger partial charge in [0, 0.05) is 31.6 Å². The van der Waals surface area contributed by atoms with Gasteiger partial charge in [0.15, 0.2) is 0 Å². The minimum Gasteiger partial charge on any atom is -0.469 e. The van der Waals surface area contributed by atoms with Crippen molar-refractivity contribution in [3.63, 3.8) is 0 Å². The van der Waals surface area contributed by atoms with Crippen LogP contribution in [0.1, 0.15) is 86.0 Å². The van der Waals surface area contributed by atoms with Crippen LogP contribution >= 0.6 is 0 Å². The Kier molecular flexibility index (Phi) is 11.8. The molecule has 4 atom stereocenters. The summed E-state index contributed by atoms with van der Waals surface area (Å²) in [7, 11) is 1.39. The second kappa shape index (κ2) is 13.5. The highest BCUT2D eigenvalue weighted by Gasteiger charge is 2.44. The Hall–Kier alpha value is -1.91. The molecular weight excluding hydrogens is 392 g/mol. The molecule has 0 radical (unpaired) electrons. The number of hydrogen-bond donors (Lipinski definition) is 0. The van der Waals surface area contributed by atoms with Crippen LogP contribution in [0.5, 0.6) is 0 Å². The summed E-state index contributed by atoms with van der Waals surface area (Å²) in [6.45, 7) is 10.1. The minimum absolute atomic E-state index is 0.0191. The van der Waals surface area contributed by atoms with Crippen LogP contribution in [-0.4, -0.2) is 30.9 Å². The maximum Gasteiger partial charge on any atom is 0.305 e. The Bertz CT molecular complexity index is 646. The van der Waals surface area contributed by atoms with Gasteiger partial charge in [-0.15, -0.1) is 0 Å². The van der Waals surface area contributed by atoms with Gasteiger partial charge in [0.05, 0.1) is 7.11 Å². The van der Waals surface area contributed by atoms with Gasteiger partial charge < -0.3 is 9.47 Å². The average molecular weight is 435 g/mol. The van der Waals surface area contributed by atoms with Crippen LogP contribution in [0.25, 0.3) is 0 Å². The zero-order valence-electron chi connectivity index (χ0n) is 20.3. The monoisotopic (exact) mass is 434 g/mol. The van der Waals surface area contributed by atoms with Gasteiger partial charge in [-0.1, -0.05) is 58.8 Å². The first-order chi connectivity index (χ1) is 14.6. The molecule has 0 aromatic carbocycles. The van der Waals surface area contributed by atoms with Crippen molar-refractivity contribution in [2.45, 2.75) is 92.1 Å². The second-order valence-corrected chi connectivity index (χ2v) is 9.53. The highest BCUT2D eigenvalue weighted by Crippen LogP contribution is 2.41. The smallest absolute Gasteiger partial charge is 0.305 e. The van der Waals surface area contributed by atoms with E-state index in [4.69, 9.17) is 4.74 Å². The number of methoxy groups -OCH3 is 1. The number of hydrogen-bond acceptors (Lipinski definition) is 5. The summed E-state index contributed by atoms with van der Waals surface area (Å²) in [6.07, 6.45) is 14.3. The molecule has 5 nitrogen and oxygen atoms in total. The highest BCUT2D eigenvalue weighted by atomic mass is 16.5. The van der Waals surface area contributed by atoms with Gasteiger partial charge in [-0.2, -0.15) is 0 Å². The molecule has 0 heterocycles. The van der Waals surface area contributed by atoms with Crippen LogP contribution in [0, 0.1) is 23.2 Å². The number of unbranched alkanes of at least 4 members (excludes halogenated alkanes) is 2. The molecule has 0 saturated heterocycles. The first kappa shape index (κ1) is 27.1. The van der Waals surface area contributed by atoms with Crippen LogP contribution in [0.3, 0.4) is 0 Å². The van der Waals surface area contributed by atoms with Crippen LogP contribution in [0.15, 0.2) is 24.3 Å². The molecule has 31 heavy (non-hydrogen) atoms. The number of allylic oxidation sites excluding steroid dienone is 3. The Balaban J connectivity index is 2.87. The first-order valence-corrected chi connectivity index (χ1v) is 11.7. The molecule has 0 unspecified atom stereocenters. The summed E-state index contributed by atoms with van der Waals surface area (Å²) in [5.41, 5.74) is 0.0231. The lowest BCUT2D eigenvalue weighted by atomic mass is 9.81. The SMILES string of the molecule is CCCCC(C)(C)/C=C/[C@H](OC(C)=O)[C@H]1[C@H](C)CC(=O)[C@@H]1C/C=C\CCCC(=O)OC. The summed E-state index contributed by atoms with van der Waals surface area (Å²) in [5, 5.41) is 0. The van der Waals surface area contributed by atoms with Crippen molar-refractivity contribution >= 4 is 17.7 Å². The molecule has 0 aromatic rings. The lowest BCUT2D eigenvalue weighted by Crippen LogP contribution is -2.32. The fourth-order valence-corrected chi connectivity index (χ4v) is 4.39. The predicted octanol–water partition coefficient (Wildman–Crippen LogP) is 5.82. The van der Waals surface area contributed by atoms with Crippen molar-refractivity contribution in [2.24, 2.45) is 23.2 Å². The quantitative estimate of drug-likeness (QED) is 0.207. The van der Waals surface area contributed by atoms with Gasteiger partial charge >= 0.3 is 11.9 Å². The van der Waals surface area contributed by atoms with Crippen LogP contribution in [0.2, 0.25) is 0 Å². The lowest BCUT2D eigenvalue weighted by Gasteiger charge is -2.29. The van der Waals surface area contributed by atoms with E-state index in [-0.39, 0.29) is 40.9 Å². The molecule has 1 aliphatic carbocycles. The van der Waals surface area contributed by atoms with E-state index in [1.165, 1.54) is 14.0 Å². The maximum atomic E-state index is 12.7. The molecule has 0 bridgehead atoms. The number of ketones is 1. The zero-order chi connectivity index (χ0) is 23.4. The normalized spacial score (nSPS) is 22.9. The van der Waals surface area contributed by atoms with Gasteiger partial charge in [0.2, 0.25) is 0 Å². The molecule has 1 rings (SSSR count). The molecule has 0 aliphatic heterocycles. The van der Waals surface area contributed by atoms with Crippen molar-refractivity contribution in [1.29, 1.82) is 0 Å². The Labute approximate surface area is 188 Å². The minimum atomic E-state index is -0.391. The van der Waals surface area contributed by atoms with Crippen molar-refractivity contribution in [1.82, 2.24) is 0 Å². The largest absolute Gasteiger partial charge is 0.469 e. The maximum absolute atomic E-state index is 12.7. The van der Waals surface area contributed by atoms with Gasteiger partial charge in [-0.3, -0.25) is 14.4 Å². The Morgan fingerprint density at radius 1 is 1.23 bits per heavy atom. The third kappa shape index (κ3) is 9.84. The summed E-state index contributed by atoms with van der Waals surface area (Å²) >= 11 is 0. The van der Waals surface area contributed by atoms with Crippen molar-refractivity contribution in [3.8, 4) is 0 Å². The zero-order valence-corrected chi connectivity index (χ0v) is 20.3. The number of ether oxygens (including phenoxy) is 2. The fraction of sp³-hybridized carbons (Fsp3) is 0.731. The fourth-order valence-electron chi connectivity index (χ4n) is 4.39.